The van der Waals surface area contributed by atoms with Crippen LogP contribution >= 0.6 is 11.3 Å². The average Bonchev–Trinajstić information content (AvgIpc) is 3.29. The molecular formula is C27H20F6N4O2S. The van der Waals surface area contributed by atoms with Gasteiger partial charge in [0.15, 0.2) is 0 Å². The lowest BCUT2D eigenvalue weighted by Crippen LogP contribution is -2.20. The van der Waals surface area contributed by atoms with Crippen LogP contribution in [0.1, 0.15) is 22.6 Å². The van der Waals surface area contributed by atoms with Crippen LogP contribution in [-0.2, 0) is 18.8 Å². The maximum absolute atomic E-state index is 13.0. The number of carbonyl (C=O) groups is 1. The maximum atomic E-state index is 13.0. The largest absolute Gasteiger partial charge is 0.457 e. The second kappa shape index (κ2) is 11.4. The molecular weight excluding hydrogens is 558 g/mol. The number of aromatic nitrogens is 1. The number of carbonyl (C=O) groups excluding carboxylic acids is 1. The van der Waals surface area contributed by atoms with Crippen LogP contribution in [0.15, 0.2) is 73.3 Å². The quantitative estimate of drug-likeness (QED) is 0.144. The number of benzene rings is 3. The number of thiazole rings is 1. The molecule has 0 unspecified atom stereocenters. The number of hydrogen-bond donors (Lipinski definition) is 3. The summed E-state index contributed by atoms with van der Waals surface area (Å²) < 4.78 is 85.0. The Kier molecular flexibility index (Phi) is 8.14. The van der Waals surface area contributed by atoms with Crippen LogP contribution in [0.2, 0.25) is 0 Å². The van der Waals surface area contributed by atoms with E-state index in [0.717, 1.165) is 15.2 Å². The van der Waals surface area contributed by atoms with Crippen LogP contribution in [-0.4, -0.2) is 16.7 Å². The van der Waals surface area contributed by atoms with E-state index in [1.807, 2.05) is 11.4 Å². The molecule has 0 radical (unpaired) electrons. The van der Waals surface area contributed by atoms with Crippen LogP contribution in [0.5, 0.6) is 11.5 Å². The number of ether oxygens (including phenoxy) is 1. The Bertz CT molecular complexity index is 1530. The molecule has 0 saturated heterocycles. The highest BCUT2D eigenvalue weighted by Crippen LogP contribution is 2.37. The number of fused-ring (bicyclic) bond motifs is 1. The van der Waals surface area contributed by atoms with Crippen molar-refractivity contribution < 1.29 is 35.9 Å². The third-order valence-corrected chi connectivity index (χ3v) is 6.55. The molecule has 0 spiro atoms. The van der Waals surface area contributed by atoms with Gasteiger partial charge in [0.25, 0.3) is 0 Å². The van der Waals surface area contributed by atoms with E-state index in [9.17, 15) is 31.1 Å². The number of halogens is 6. The van der Waals surface area contributed by atoms with Gasteiger partial charge in [0.2, 0.25) is 0 Å². The van der Waals surface area contributed by atoms with Gasteiger partial charge in [-0.25, -0.2) is 9.78 Å². The van der Waals surface area contributed by atoms with Crippen molar-refractivity contribution in [3.8, 4) is 11.5 Å². The highest BCUT2D eigenvalue weighted by atomic mass is 32.1. The van der Waals surface area contributed by atoms with Crippen molar-refractivity contribution in [1.29, 1.82) is 5.41 Å². The molecule has 0 aliphatic heterocycles. The van der Waals surface area contributed by atoms with Crippen LogP contribution in [0, 0.1) is 5.41 Å². The number of hydrogen-bond acceptors (Lipinski definition) is 5. The van der Waals surface area contributed by atoms with Gasteiger partial charge < -0.3 is 20.8 Å². The van der Waals surface area contributed by atoms with Gasteiger partial charge in [-0.2, -0.15) is 26.3 Å². The maximum Gasteiger partial charge on any atom is 0.416 e. The van der Waals surface area contributed by atoms with Gasteiger partial charge in [-0.05, 0) is 67.1 Å². The van der Waals surface area contributed by atoms with E-state index in [4.69, 9.17) is 10.1 Å². The third-order valence-electron chi connectivity index (χ3n) is 5.45. The molecule has 3 aromatic carbocycles. The Morgan fingerprint density at radius 3 is 2.10 bits per heavy atom. The smallest absolute Gasteiger partial charge is 0.416 e. The van der Waals surface area contributed by atoms with E-state index in [0.29, 0.717) is 42.2 Å². The van der Waals surface area contributed by atoms with Crippen molar-refractivity contribution in [2.24, 2.45) is 0 Å². The van der Waals surface area contributed by atoms with E-state index >= 15 is 0 Å². The van der Waals surface area contributed by atoms with E-state index in [1.165, 1.54) is 41.7 Å². The summed E-state index contributed by atoms with van der Waals surface area (Å²) in [6, 6.07) is 11.1. The number of nitrogens with zero attached hydrogens (tertiary/aromatic N) is 1. The fraction of sp³-hybridized carbons (Fsp3) is 0.148. The fourth-order valence-corrected chi connectivity index (χ4v) is 4.48. The number of alkyl halides is 6. The van der Waals surface area contributed by atoms with E-state index in [1.54, 1.807) is 12.1 Å². The number of amides is 2. The zero-order chi connectivity index (χ0) is 29.1. The highest BCUT2D eigenvalue weighted by Gasteiger charge is 2.37. The molecule has 6 nitrogen and oxygen atoms in total. The minimum Gasteiger partial charge on any atom is -0.457 e. The fourth-order valence-electron chi connectivity index (χ4n) is 3.53. The molecule has 0 fully saturated rings. The molecule has 208 valence electrons. The van der Waals surface area contributed by atoms with E-state index < -0.39 is 35.2 Å². The number of nitrogens with one attached hydrogen (secondary N) is 3. The summed E-state index contributed by atoms with van der Waals surface area (Å²) in [7, 11) is 0. The number of rotatable bonds is 8. The summed E-state index contributed by atoms with van der Waals surface area (Å²) >= 11 is 1.52. The van der Waals surface area contributed by atoms with Crippen molar-refractivity contribution >= 4 is 44.7 Å². The molecule has 1 heterocycles. The van der Waals surface area contributed by atoms with Crippen LogP contribution < -0.4 is 15.4 Å². The lowest BCUT2D eigenvalue weighted by molar-refractivity contribution is -0.143. The summed E-state index contributed by atoms with van der Waals surface area (Å²) in [6.07, 6.45) is -7.41. The normalized spacial score (nSPS) is 11.8. The van der Waals surface area contributed by atoms with Gasteiger partial charge in [0.1, 0.15) is 11.5 Å². The molecule has 0 aliphatic carbocycles. The predicted molar refractivity (Wildman–Crippen MR) is 141 cm³/mol. The highest BCUT2D eigenvalue weighted by molar-refractivity contribution is 7.18. The Morgan fingerprint density at radius 2 is 1.50 bits per heavy atom. The minimum absolute atomic E-state index is 0.0238. The lowest BCUT2D eigenvalue weighted by Gasteiger charge is -2.15. The molecule has 1 aromatic heterocycles. The first-order valence-corrected chi connectivity index (χ1v) is 12.4. The molecule has 0 bridgehead atoms. The molecule has 4 aromatic rings. The van der Waals surface area contributed by atoms with Gasteiger partial charge in [-0.3, -0.25) is 0 Å². The van der Waals surface area contributed by atoms with Gasteiger partial charge in [0.05, 0.1) is 26.4 Å². The van der Waals surface area contributed by atoms with Gasteiger partial charge in [0, 0.05) is 29.6 Å². The van der Waals surface area contributed by atoms with E-state index in [2.05, 4.69) is 16.9 Å². The van der Waals surface area contributed by atoms with Crippen molar-refractivity contribution in [2.45, 2.75) is 25.2 Å². The third kappa shape index (κ3) is 7.38. The monoisotopic (exact) mass is 578 g/mol. The SMILES string of the molecule is C=CC(=N)CCc1nc2cc(Oc3ccc(NC(=O)Nc4cc(C(F)(F)F)cc(C(F)(F)F)c4)cc3)ccc2s1. The molecule has 3 N–H and O–H groups in total. The first-order valence-electron chi connectivity index (χ1n) is 11.5. The molecule has 0 atom stereocenters. The zero-order valence-corrected chi connectivity index (χ0v) is 21.2. The lowest BCUT2D eigenvalue weighted by atomic mass is 10.1. The first kappa shape index (κ1) is 28.6. The Hall–Kier alpha value is -4.39. The molecule has 2 amide bonds. The summed E-state index contributed by atoms with van der Waals surface area (Å²) in [4.78, 5) is 16.8. The Labute approximate surface area is 227 Å². The number of urea groups is 1. The summed E-state index contributed by atoms with van der Waals surface area (Å²) in [6.45, 7) is 3.57. The van der Waals surface area contributed by atoms with E-state index in [-0.39, 0.29) is 11.8 Å². The summed E-state index contributed by atoms with van der Waals surface area (Å²) in [5, 5.41) is 12.9. The molecule has 0 aliphatic rings. The van der Waals surface area contributed by atoms with Crippen molar-refractivity contribution in [3.63, 3.8) is 0 Å². The zero-order valence-electron chi connectivity index (χ0n) is 20.4. The first-order chi connectivity index (χ1) is 18.8. The number of anilines is 2. The minimum atomic E-state index is -5.03. The molecule has 40 heavy (non-hydrogen) atoms. The second-order valence-corrected chi connectivity index (χ2v) is 9.58. The molecule has 4 rings (SSSR count). The van der Waals surface area contributed by atoms with Gasteiger partial charge >= 0.3 is 18.4 Å². The Balaban J connectivity index is 1.40. The van der Waals surface area contributed by atoms with Crippen LogP contribution in [0.4, 0.5) is 42.5 Å². The van der Waals surface area contributed by atoms with Crippen molar-refractivity contribution in [3.05, 3.63) is 89.5 Å². The van der Waals surface area contributed by atoms with Gasteiger partial charge in [-0.15, -0.1) is 11.3 Å². The van der Waals surface area contributed by atoms with Gasteiger partial charge in [-0.1, -0.05) is 6.58 Å². The predicted octanol–water partition coefficient (Wildman–Crippen LogP) is 8.91. The van der Waals surface area contributed by atoms with Crippen molar-refractivity contribution in [1.82, 2.24) is 4.98 Å². The summed E-state index contributed by atoms with van der Waals surface area (Å²) in [5.41, 5.74) is -2.36. The average molecular weight is 579 g/mol. The molecule has 13 heteroatoms. The number of aryl methyl sites for hydroxylation is 1. The van der Waals surface area contributed by atoms with Crippen molar-refractivity contribution in [2.75, 3.05) is 10.6 Å². The summed E-state index contributed by atoms with van der Waals surface area (Å²) in [5.74, 6) is 0.916. The second-order valence-electron chi connectivity index (χ2n) is 8.47. The standard InChI is InChI=1S/C27H20F6N4O2S/c1-2-17(34)3-10-24-37-22-14-21(8-9-23(22)40-24)39-20-6-4-18(5-7-20)35-25(38)36-19-12-15(26(28,29)30)11-16(13-19)27(31,32)33/h2,4-9,11-14,34H,1,3,10H2,(H2,35,36,38). The number of allylic oxidation sites excluding steroid dienone is 1. The van der Waals surface area contributed by atoms with Crippen LogP contribution in [0.3, 0.4) is 0 Å². The molecule has 0 saturated carbocycles. The van der Waals surface area contributed by atoms with Crippen LogP contribution in [0.25, 0.3) is 10.2 Å². The topological polar surface area (TPSA) is 87.1 Å². The Morgan fingerprint density at radius 1 is 0.900 bits per heavy atom.